The number of carbonyl (C=O) groups is 2. The Morgan fingerprint density at radius 1 is 1.48 bits per heavy atom. The molecule has 1 atom stereocenters. The highest BCUT2D eigenvalue weighted by Crippen LogP contribution is 2.22. The molecule has 0 aromatic carbocycles. The Balaban J connectivity index is 2.44. The number of amides is 2. The van der Waals surface area contributed by atoms with E-state index >= 15 is 0 Å². The highest BCUT2D eigenvalue weighted by atomic mass is 16.4. The Labute approximate surface area is 125 Å². The lowest BCUT2D eigenvalue weighted by atomic mass is 9.87. The van der Waals surface area contributed by atoms with E-state index in [4.69, 9.17) is 5.11 Å². The summed E-state index contributed by atoms with van der Waals surface area (Å²) in [6.07, 6.45) is 2.88. The lowest BCUT2D eigenvalue weighted by Gasteiger charge is -2.35. The molecule has 0 saturated heterocycles. The van der Waals surface area contributed by atoms with Crippen molar-refractivity contribution in [3.8, 4) is 0 Å². The maximum Gasteiger partial charge on any atom is 0.356 e. The number of nitrogens with zero attached hydrogens (tertiary/aromatic N) is 3. The summed E-state index contributed by atoms with van der Waals surface area (Å²) in [5.41, 5.74) is 0.00659. The third-order valence-electron chi connectivity index (χ3n) is 3.65. The Hall–Kier alpha value is -2.05. The summed E-state index contributed by atoms with van der Waals surface area (Å²) in [6, 6.07) is -0.0413. The zero-order chi connectivity index (χ0) is 16.2. The lowest BCUT2D eigenvalue weighted by molar-refractivity contribution is 0.0691. The van der Waals surface area contributed by atoms with E-state index in [9.17, 15) is 9.59 Å². The topological polar surface area (TPSA) is 87.5 Å². The molecule has 0 radical (unpaired) electrons. The highest BCUT2D eigenvalue weighted by molar-refractivity contribution is 5.84. The average molecular weight is 296 g/mol. The minimum atomic E-state index is -1.06. The summed E-state index contributed by atoms with van der Waals surface area (Å²) < 4.78 is 1.64. The molecule has 0 bridgehead atoms. The molecule has 0 saturated carbocycles. The predicted molar refractivity (Wildman–Crippen MR) is 79.3 cm³/mol. The molecule has 0 fully saturated rings. The van der Waals surface area contributed by atoms with Crippen LogP contribution in [-0.2, 0) is 6.54 Å². The molecule has 1 aromatic rings. The van der Waals surface area contributed by atoms with Crippen molar-refractivity contribution in [1.82, 2.24) is 19.8 Å². The summed E-state index contributed by atoms with van der Waals surface area (Å²) in [5, 5.41) is 11.6. The Bertz CT molecular complexity index is 505. The van der Waals surface area contributed by atoms with Crippen molar-refractivity contribution in [2.45, 2.75) is 40.3 Å². The van der Waals surface area contributed by atoms with Crippen molar-refractivity contribution in [2.24, 2.45) is 5.41 Å². The van der Waals surface area contributed by atoms with E-state index in [1.807, 2.05) is 6.92 Å². The van der Waals surface area contributed by atoms with E-state index in [1.54, 1.807) is 16.5 Å². The van der Waals surface area contributed by atoms with Gasteiger partial charge in [-0.15, -0.1) is 0 Å². The van der Waals surface area contributed by atoms with E-state index < -0.39 is 5.97 Å². The zero-order valence-corrected chi connectivity index (χ0v) is 13.3. The summed E-state index contributed by atoms with van der Waals surface area (Å²) >= 11 is 0. The van der Waals surface area contributed by atoms with Gasteiger partial charge in [-0.25, -0.2) is 14.6 Å². The van der Waals surface area contributed by atoms with Gasteiger partial charge in [-0.3, -0.25) is 0 Å². The third kappa shape index (κ3) is 4.77. The first-order chi connectivity index (χ1) is 9.62. The van der Waals surface area contributed by atoms with Gasteiger partial charge in [-0.05, 0) is 12.3 Å². The van der Waals surface area contributed by atoms with Crippen molar-refractivity contribution < 1.29 is 14.7 Å². The number of nitrogens with one attached hydrogen (secondary N) is 1. The van der Waals surface area contributed by atoms with E-state index in [-0.39, 0.29) is 23.2 Å². The monoisotopic (exact) mass is 296 g/mol. The zero-order valence-electron chi connectivity index (χ0n) is 13.3. The van der Waals surface area contributed by atoms with Crippen LogP contribution in [0.4, 0.5) is 4.79 Å². The van der Waals surface area contributed by atoms with Gasteiger partial charge in [0.25, 0.3) is 0 Å². The SMILES string of the molecule is CC(N(C)C(=O)NCCn1cnc(C(=O)O)c1)C(C)(C)C. The first-order valence-electron chi connectivity index (χ1n) is 6.88. The van der Waals surface area contributed by atoms with Gasteiger partial charge in [-0.1, -0.05) is 20.8 Å². The molecule has 0 aliphatic heterocycles. The first-order valence-corrected chi connectivity index (χ1v) is 6.88. The Morgan fingerprint density at radius 3 is 2.57 bits per heavy atom. The molecule has 1 unspecified atom stereocenters. The van der Waals surface area contributed by atoms with Crippen LogP contribution in [0.15, 0.2) is 12.5 Å². The van der Waals surface area contributed by atoms with Crippen molar-refractivity contribution in [3.05, 3.63) is 18.2 Å². The molecule has 21 heavy (non-hydrogen) atoms. The normalized spacial score (nSPS) is 12.8. The molecule has 2 amide bonds. The molecule has 0 spiro atoms. The molecule has 0 aliphatic rings. The van der Waals surface area contributed by atoms with Gasteiger partial charge >= 0.3 is 12.0 Å². The minimum Gasteiger partial charge on any atom is -0.476 e. The smallest absolute Gasteiger partial charge is 0.356 e. The molecular weight excluding hydrogens is 272 g/mol. The van der Waals surface area contributed by atoms with Crippen LogP contribution < -0.4 is 5.32 Å². The van der Waals surface area contributed by atoms with Crippen LogP contribution in [0.25, 0.3) is 0 Å². The van der Waals surface area contributed by atoms with E-state index in [0.717, 1.165) is 0 Å². The lowest BCUT2D eigenvalue weighted by Crippen LogP contribution is -2.48. The van der Waals surface area contributed by atoms with Crippen LogP contribution >= 0.6 is 0 Å². The average Bonchev–Trinajstić information content (AvgIpc) is 2.84. The minimum absolute atomic E-state index is 0.000186. The molecule has 1 heterocycles. The summed E-state index contributed by atoms with van der Waals surface area (Å²) in [4.78, 5) is 28.2. The van der Waals surface area contributed by atoms with E-state index in [2.05, 4.69) is 31.1 Å². The second-order valence-corrected chi connectivity index (χ2v) is 6.19. The number of aromatic carboxylic acids is 1. The fraction of sp³-hybridized carbons (Fsp3) is 0.643. The Kier molecular flexibility index (Phi) is 5.34. The number of aromatic nitrogens is 2. The van der Waals surface area contributed by atoms with Crippen molar-refractivity contribution in [3.63, 3.8) is 0 Å². The standard InChI is InChI=1S/C14H24N4O3/c1-10(14(2,3)4)17(5)13(21)15-6-7-18-8-11(12(19)20)16-9-18/h8-10H,6-7H2,1-5H3,(H,15,21)(H,19,20). The number of imidazole rings is 1. The number of urea groups is 1. The summed E-state index contributed by atoms with van der Waals surface area (Å²) in [6.45, 7) is 9.15. The van der Waals surface area contributed by atoms with Gasteiger partial charge in [0.05, 0.1) is 6.33 Å². The molecule has 1 aromatic heterocycles. The van der Waals surface area contributed by atoms with Gasteiger partial charge in [0.1, 0.15) is 0 Å². The van der Waals surface area contributed by atoms with Crippen LogP contribution in [0.3, 0.4) is 0 Å². The van der Waals surface area contributed by atoms with Crippen LogP contribution in [0, 0.1) is 5.41 Å². The van der Waals surface area contributed by atoms with Crippen molar-refractivity contribution in [2.75, 3.05) is 13.6 Å². The first kappa shape index (κ1) is 17.0. The number of carboxylic acid groups (broad SMARTS) is 1. The quantitative estimate of drug-likeness (QED) is 0.865. The third-order valence-corrected chi connectivity index (χ3v) is 3.65. The number of carboxylic acids is 1. The van der Waals surface area contributed by atoms with Gasteiger partial charge in [-0.2, -0.15) is 0 Å². The second-order valence-electron chi connectivity index (χ2n) is 6.19. The number of rotatable bonds is 5. The predicted octanol–water partition coefficient (Wildman–Crippen LogP) is 1.66. The summed E-state index contributed by atoms with van der Waals surface area (Å²) in [7, 11) is 1.77. The van der Waals surface area contributed by atoms with Gasteiger partial charge < -0.3 is 19.9 Å². The van der Waals surface area contributed by atoms with Crippen LogP contribution in [0.2, 0.25) is 0 Å². The van der Waals surface area contributed by atoms with Gasteiger partial charge in [0.15, 0.2) is 5.69 Å². The number of hydrogen-bond donors (Lipinski definition) is 2. The molecule has 118 valence electrons. The molecule has 7 heteroatoms. The molecule has 2 N–H and O–H groups in total. The van der Waals surface area contributed by atoms with Crippen LogP contribution in [0.5, 0.6) is 0 Å². The van der Waals surface area contributed by atoms with Gasteiger partial charge in [0, 0.05) is 32.4 Å². The molecule has 1 rings (SSSR count). The fourth-order valence-electron chi connectivity index (χ4n) is 1.77. The number of carbonyl (C=O) groups excluding carboxylic acids is 1. The van der Waals surface area contributed by atoms with E-state index in [1.165, 1.54) is 12.5 Å². The number of hydrogen-bond acceptors (Lipinski definition) is 3. The van der Waals surface area contributed by atoms with E-state index in [0.29, 0.717) is 13.1 Å². The molecule has 7 nitrogen and oxygen atoms in total. The Morgan fingerprint density at radius 2 is 2.10 bits per heavy atom. The fourth-order valence-corrected chi connectivity index (χ4v) is 1.77. The molecule has 0 aliphatic carbocycles. The largest absolute Gasteiger partial charge is 0.476 e. The second kappa shape index (κ2) is 6.60. The van der Waals surface area contributed by atoms with Crippen molar-refractivity contribution in [1.29, 1.82) is 0 Å². The molecular formula is C14H24N4O3. The maximum absolute atomic E-state index is 12.0. The van der Waals surface area contributed by atoms with Crippen molar-refractivity contribution >= 4 is 12.0 Å². The van der Waals surface area contributed by atoms with Crippen LogP contribution in [0.1, 0.15) is 38.2 Å². The van der Waals surface area contributed by atoms with Crippen LogP contribution in [-0.4, -0.2) is 51.2 Å². The maximum atomic E-state index is 12.0. The summed E-state index contributed by atoms with van der Waals surface area (Å²) in [5.74, 6) is -1.06. The highest BCUT2D eigenvalue weighted by Gasteiger charge is 2.26. The van der Waals surface area contributed by atoms with Gasteiger partial charge in [0.2, 0.25) is 0 Å².